The van der Waals surface area contributed by atoms with Crippen molar-refractivity contribution in [3.05, 3.63) is 82.0 Å². The molecule has 1 amide bonds. The molecule has 1 fully saturated rings. The molecule has 1 aliphatic heterocycles. The second kappa shape index (κ2) is 17.4. The molecule has 0 radical (unpaired) electrons. The van der Waals surface area contributed by atoms with Gasteiger partial charge in [0.15, 0.2) is 0 Å². The van der Waals surface area contributed by atoms with Crippen LogP contribution in [0.25, 0.3) is 33.6 Å². The third-order valence-electron chi connectivity index (χ3n) is 7.53. The predicted octanol–water partition coefficient (Wildman–Crippen LogP) is 5.04. The van der Waals surface area contributed by atoms with Crippen LogP contribution >= 0.6 is 23.2 Å². The molecule has 14 heteroatoms. The molecule has 0 unspecified atom stereocenters. The number of hydrogen-bond donors (Lipinski definition) is 5. The fourth-order valence-corrected chi connectivity index (χ4v) is 5.92. The molecule has 1 atom stereocenters. The highest BCUT2D eigenvalue weighted by molar-refractivity contribution is 6.39. The zero-order chi connectivity index (χ0) is 34.6. The average Bonchev–Trinajstić information content (AvgIpc) is 3.50. The number of aromatic nitrogens is 2. The monoisotopic (exact) mass is 695 g/mol. The van der Waals surface area contributed by atoms with Gasteiger partial charge in [-0.25, -0.2) is 4.98 Å². The Hall–Kier alpha value is -4.75. The lowest BCUT2D eigenvalue weighted by atomic mass is 9.99. The topological polar surface area (TPSA) is 172 Å². The summed E-state index contributed by atoms with van der Waals surface area (Å²) in [6.07, 6.45) is 3.07. The summed E-state index contributed by atoms with van der Waals surface area (Å²) in [4.78, 5) is 40.0. The van der Waals surface area contributed by atoms with Crippen molar-refractivity contribution in [2.75, 3.05) is 27.3 Å². The number of carbonyl (C=O) groups excluding carboxylic acids is 1. The van der Waals surface area contributed by atoms with Crippen molar-refractivity contribution in [2.45, 2.75) is 32.0 Å². The van der Waals surface area contributed by atoms with Gasteiger partial charge in [0.2, 0.25) is 11.8 Å². The lowest BCUT2D eigenvalue weighted by Gasteiger charge is -2.16. The first-order valence-electron chi connectivity index (χ1n) is 14.9. The summed E-state index contributed by atoms with van der Waals surface area (Å²) in [5.74, 6) is 0.218. The van der Waals surface area contributed by atoms with Gasteiger partial charge in [0, 0.05) is 71.7 Å². The Morgan fingerprint density at radius 1 is 1.00 bits per heavy atom. The number of nitrogens with zero attached hydrogens (tertiary/aromatic N) is 2. The SMILES string of the molecule is COc1cc(-c2nccc(-c3cccc(-c4ccc(CNC[C@@H]5CCC(=O)N5)c(OC)n4)c3Cl)c2Cl)ccc1CNCC(=O)O.O=CO. The quantitative estimate of drug-likeness (QED) is 0.119. The number of halogens is 2. The molecule has 4 aromatic rings. The molecule has 0 spiro atoms. The van der Waals surface area contributed by atoms with E-state index >= 15 is 0 Å². The lowest BCUT2D eigenvalue weighted by molar-refractivity contribution is -0.136. The van der Waals surface area contributed by atoms with Crippen LogP contribution in [0.2, 0.25) is 10.0 Å². The van der Waals surface area contributed by atoms with Gasteiger partial charge < -0.3 is 35.6 Å². The van der Waals surface area contributed by atoms with Crippen LogP contribution in [0.1, 0.15) is 24.0 Å². The molecule has 5 rings (SSSR count). The number of benzene rings is 2. The number of amides is 1. The molecule has 0 bridgehead atoms. The second-order valence-corrected chi connectivity index (χ2v) is 11.4. The molecule has 3 heterocycles. The Morgan fingerprint density at radius 3 is 2.40 bits per heavy atom. The summed E-state index contributed by atoms with van der Waals surface area (Å²) in [5, 5.41) is 25.9. The van der Waals surface area contributed by atoms with Crippen LogP contribution in [0.5, 0.6) is 11.6 Å². The number of methoxy groups -OCH3 is 2. The molecule has 12 nitrogen and oxygen atoms in total. The maximum atomic E-state index is 11.5. The summed E-state index contributed by atoms with van der Waals surface area (Å²) >= 11 is 14.0. The smallest absolute Gasteiger partial charge is 0.317 e. The minimum Gasteiger partial charge on any atom is -0.496 e. The molecule has 5 N–H and O–H groups in total. The molecular weight excluding hydrogens is 661 g/mol. The maximum absolute atomic E-state index is 11.5. The molecule has 2 aromatic carbocycles. The van der Waals surface area contributed by atoms with Gasteiger partial charge in [-0.05, 0) is 24.6 Å². The fourth-order valence-electron chi connectivity index (χ4n) is 5.27. The van der Waals surface area contributed by atoms with Crippen LogP contribution in [-0.4, -0.2) is 71.9 Å². The standard InChI is InChI=1S/C33H33Cl2N5O5.CH2O2/c1-44-27-14-19(6-7-20(27)15-37-18-29(42)43)32-31(35)24(12-13-38-32)23-4-3-5-25(30(23)34)26-10-8-21(33(40-26)45-2)16-36-17-22-9-11-28(41)39-22;2-1-3/h3-8,10,12-14,22,36-37H,9,11,15-18H2,1-2H3,(H,39,41)(H,42,43);1H,(H,2,3)/t22-;/m0./s1. The van der Waals surface area contributed by atoms with E-state index in [0.29, 0.717) is 64.7 Å². The maximum Gasteiger partial charge on any atom is 0.317 e. The largest absolute Gasteiger partial charge is 0.496 e. The fraction of sp³-hybridized carbons (Fsp3) is 0.265. The van der Waals surface area contributed by atoms with Gasteiger partial charge in [0.25, 0.3) is 6.47 Å². The van der Waals surface area contributed by atoms with Gasteiger partial charge >= 0.3 is 5.97 Å². The zero-order valence-corrected chi connectivity index (χ0v) is 27.8. The van der Waals surface area contributed by atoms with E-state index in [1.807, 2.05) is 54.6 Å². The summed E-state index contributed by atoms with van der Waals surface area (Å²) in [5.41, 5.74) is 5.76. The Balaban J connectivity index is 0.00000167. The summed E-state index contributed by atoms with van der Waals surface area (Å²) in [6, 6.07) is 17.0. The van der Waals surface area contributed by atoms with E-state index in [1.165, 1.54) is 0 Å². The second-order valence-electron chi connectivity index (χ2n) is 10.6. The number of nitrogens with one attached hydrogen (secondary N) is 3. The van der Waals surface area contributed by atoms with Crippen LogP contribution in [0.4, 0.5) is 0 Å². The van der Waals surface area contributed by atoms with E-state index in [2.05, 4.69) is 20.9 Å². The zero-order valence-electron chi connectivity index (χ0n) is 26.3. The summed E-state index contributed by atoms with van der Waals surface area (Å²) < 4.78 is 11.2. The van der Waals surface area contributed by atoms with Crippen LogP contribution < -0.4 is 25.4 Å². The van der Waals surface area contributed by atoms with E-state index in [0.717, 1.165) is 34.2 Å². The summed E-state index contributed by atoms with van der Waals surface area (Å²) in [6.45, 7) is 1.12. The van der Waals surface area contributed by atoms with Crippen molar-refractivity contribution in [1.29, 1.82) is 0 Å². The van der Waals surface area contributed by atoms with Gasteiger partial charge in [-0.3, -0.25) is 19.4 Å². The number of rotatable bonds is 13. The third-order valence-corrected chi connectivity index (χ3v) is 8.32. The number of hydrogen-bond acceptors (Lipinski definition) is 9. The predicted molar refractivity (Wildman–Crippen MR) is 182 cm³/mol. The highest BCUT2D eigenvalue weighted by Crippen LogP contribution is 2.42. The molecule has 0 aliphatic carbocycles. The molecule has 252 valence electrons. The normalized spacial score (nSPS) is 13.7. The Labute approximate surface area is 287 Å². The highest BCUT2D eigenvalue weighted by atomic mass is 35.5. The summed E-state index contributed by atoms with van der Waals surface area (Å²) in [7, 11) is 3.14. The number of carbonyl (C=O) groups is 3. The van der Waals surface area contributed by atoms with Gasteiger partial charge in [0.1, 0.15) is 5.75 Å². The van der Waals surface area contributed by atoms with E-state index in [9.17, 15) is 9.59 Å². The molecule has 1 aliphatic rings. The van der Waals surface area contributed by atoms with Crippen molar-refractivity contribution in [1.82, 2.24) is 25.9 Å². The van der Waals surface area contributed by atoms with Gasteiger partial charge in [-0.1, -0.05) is 59.6 Å². The number of aliphatic carboxylic acids is 1. The van der Waals surface area contributed by atoms with Crippen molar-refractivity contribution in [2.24, 2.45) is 0 Å². The third kappa shape index (κ3) is 8.98. The molecule has 0 saturated carbocycles. The molecule has 48 heavy (non-hydrogen) atoms. The average molecular weight is 697 g/mol. The number of carboxylic acids is 1. The van der Waals surface area contributed by atoms with Crippen LogP contribution in [-0.2, 0) is 27.5 Å². The van der Waals surface area contributed by atoms with Gasteiger partial charge in [0.05, 0.1) is 42.2 Å². The molecule has 2 aromatic heterocycles. The van der Waals surface area contributed by atoms with Crippen molar-refractivity contribution in [3.8, 4) is 45.3 Å². The van der Waals surface area contributed by atoms with Crippen LogP contribution in [0.15, 0.2) is 60.8 Å². The van der Waals surface area contributed by atoms with E-state index in [-0.39, 0.29) is 25.0 Å². The van der Waals surface area contributed by atoms with E-state index in [4.69, 9.17) is 52.7 Å². The number of pyridine rings is 2. The minimum atomic E-state index is -0.937. The molecule has 1 saturated heterocycles. The van der Waals surface area contributed by atoms with Gasteiger partial charge in [-0.2, -0.15) is 0 Å². The van der Waals surface area contributed by atoms with E-state index < -0.39 is 5.97 Å². The Morgan fingerprint density at radius 2 is 1.71 bits per heavy atom. The lowest BCUT2D eigenvalue weighted by Crippen LogP contribution is -2.35. The number of carboxylic acid groups (broad SMARTS) is 2. The Bertz CT molecular complexity index is 1770. The number of ether oxygens (including phenoxy) is 2. The van der Waals surface area contributed by atoms with Crippen molar-refractivity contribution >= 4 is 41.6 Å². The van der Waals surface area contributed by atoms with Crippen molar-refractivity contribution < 1.29 is 34.1 Å². The first kappa shape index (κ1) is 36.1. The minimum absolute atomic E-state index is 0.0900. The Kier molecular flexibility index (Phi) is 13.1. The van der Waals surface area contributed by atoms with Crippen molar-refractivity contribution in [3.63, 3.8) is 0 Å². The van der Waals surface area contributed by atoms with Crippen LogP contribution in [0, 0.1) is 0 Å². The van der Waals surface area contributed by atoms with Crippen LogP contribution in [0.3, 0.4) is 0 Å². The first-order valence-corrected chi connectivity index (χ1v) is 15.6. The highest BCUT2D eigenvalue weighted by Gasteiger charge is 2.21. The molecular formula is C34H35Cl2N5O7. The van der Waals surface area contributed by atoms with E-state index in [1.54, 1.807) is 20.4 Å². The first-order chi connectivity index (χ1) is 23.2. The van der Waals surface area contributed by atoms with Gasteiger partial charge in [-0.15, -0.1) is 0 Å².